The number of ether oxygens (including phenoxy) is 2. The van der Waals surface area contributed by atoms with Crippen molar-refractivity contribution >= 4 is 20.3 Å². The lowest BCUT2D eigenvalue weighted by molar-refractivity contribution is -0.143. The van der Waals surface area contributed by atoms with Gasteiger partial charge in [0.1, 0.15) is 27.0 Å². The SMILES string of the molecule is C=C(C)C(=O)OCC(O)COC(C)(P(C)(C)=O)P(C)(C)=O. The molecular weight excluding hydrogens is 314 g/mol. The first-order valence-corrected chi connectivity index (χ1v) is 11.7. The molecule has 0 bridgehead atoms. The largest absolute Gasteiger partial charge is 0.460 e. The second kappa shape index (κ2) is 7.23. The molecular formula is C13H26O6P2. The van der Waals surface area contributed by atoms with E-state index in [0.717, 1.165) is 0 Å². The van der Waals surface area contributed by atoms with Crippen LogP contribution in [-0.2, 0) is 23.4 Å². The first-order valence-electron chi connectivity index (χ1n) is 6.47. The zero-order valence-corrected chi connectivity index (χ0v) is 15.4. The summed E-state index contributed by atoms with van der Waals surface area (Å²) in [5.41, 5.74) is 0.228. The van der Waals surface area contributed by atoms with Crippen molar-refractivity contribution < 1.29 is 28.5 Å². The van der Waals surface area contributed by atoms with Gasteiger partial charge in [-0.15, -0.1) is 0 Å². The molecule has 0 spiro atoms. The quantitative estimate of drug-likeness (QED) is 0.415. The van der Waals surface area contributed by atoms with Crippen molar-refractivity contribution in [2.45, 2.75) is 25.0 Å². The molecule has 0 amide bonds. The van der Waals surface area contributed by atoms with Crippen molar-refractivity contribution in [2.24, 2.45) is 0 Å². The van der Waals surface area contributed by atoms with Crippen LogP contribution in [0.1, 0.15) is 13.8 Å². The van der Waals surface area contributed by atoms with Gasteiger partial charge in [-0.05, 0) is 40.5 Å². The van der Waals surface area contributed by atoms with E-state index in [9.17, 15) is 19.0 Å². The maximum atomic E-state index is 12.4. The minimum atomic E-state index is -2.84. The molecule has 1 N–H and O–H groups in total. The molecule has 0 aromatic rings. The van der Waals surface area contributed by atoms with Gasteiger partial charge in [-0.3, -0.25) is 0 Å². The molecule has 0 rings (SSSR count). The number of esters is 1. The molecule has 0 aliphatic rings. The molecule has 8 heteroatoms. The van der Waals surface area contributed by atoms with E-state index in [0.29, 0.717) is 0 Å². The fraction of sp³-hybridized carbons (Fsp3) is 0.769. The number of rotatable bonds is 8. The second-order valence-electron chi connectivity index (χ2n) is 5.98. The zero-order chi connectivity index (χ0) is 17.1. The Balaban J connectivity index is 4.73. The van der Waals surface area contributed by atoms with Crippen LogP contribution in [0.2, 0.25) is 0 Å². The highest BCUT2D eigenvalue weighted by molar-refractivity contribution is 7.81. The average Bonchev–Trinajstić information content (AvgIpc) is 2.29. The van der Waals surface area contributed by atoms with Gasteiger partial charge in [0.25, 0.3) is 0 Å². The molecule has 0 aromatic carbocycles. The maximum Gasteiger partial charge on any atom is 0.333 e. The van der Waals surface area contributed by atoms with Crippen LogP contribution in [0, 0.1) is 0 Å². The lowest BCUT2D eigenvalue weighted by Crippen LogP contribution is -2.33. The Labute approximate surface area is 126 Å². The second-order valence-corrected chi connectivity index (χ2v) is 13.4. The summed E-state index contributed by atoms with van der Waals surface area (Å²) in [5.74, 6) is -0.606. The first-order chi connectivity index (χ1) is 9.22. The molecule has 124 valence electrons. The lowest BCUT2D eigenvalue weighted by Gasteiger charge is -2.37. The molecule has 21 heavy (non-hydrogen) atoms. The highest BCUT2D eigenvalue weighted by atomic mass is 31.2. The summed E-state index contributed by atoms with van der Waals surface area (Å²) in [6.45, 7) is 12.0. The number of aliphatic hydroxyl groups excluding tert-OH is 1. The standard InChI is InChI=1S/C13H26O6P2/c1-10(2)12(15)18-8-11(14)9-19-13(3,20(4,5)16)21(6,7)17/h11,14H,1,8-9H2,2-7H3. The Kier molecular flexibility index (Phi) is 7.09. The van der Waals surface area contributed by atoms with Crippen LogP contribution in [0.3, 0.4) is 0 Å². The highest BCUT2D eigenvalue weighted by Gasteiger charge is 2.48. The van der Waals surface area contributed by atoms with Gasteiger partial charge in [0.05, 0.1) is 6.61 Å². The molecule has 1 unspecified atom stereocenters. The smallest absolute Gasteiger partial charge is 0.333 e. The van der Waals surface area contributed by atoms with Crippen LogP contribution in [0.25, 0.3) is 0 Å². The number of carbonyl (C=O) groups is 1. The monoisotopic (exact) mass is 340 g/mol. The summed E-state index contributed by atoms with van der Waals surface area (Å²) >= 11 is 0. The van der Waals surface area contributed by atoms with E-state index >= 15 is 0 Å². The van der Waals surface area contributed by atoms with E-state index in [1.807, 2.05) is 0 Å². The van der Waals surface area contributed by atoms with Gasteiger partial charge in [0.15, 0.2) is 5.08 Å². The Morgan fingerprint density at radius 2 is 1.62 bits per heavy atom. The molecule has 0 aromatic heterocycles. The highest BCUT2D eigenvalue weighted by Crippen LogP contribution is 2.70. The maximum absolute atomic E-state index is 12.4. The van der Waals surface area contributed by atoms with Crippen LogP contribution in [-0.4, -0.2) is 62.1 Å². The van der Waals surface area contributed by atoms with Gasteiger partial charge >= 0.3 is 5.97 Å². The van der Waals surface area contributed by atoms with E-state index in [4.69, 9.17) is 9.47 Å². The normalized spacial score (nSPS) is 14.6. The predicted octanol–water partition coefficient (Wildman–Crippen LogP) is 2.40. The lowest BCUT2D eigenvalue weighted by atomic mass is 10.3. The summed E-state index contributed by atoms with van der Waals surface area (Å²) in [5, 5.41) is 8.44. The average molecular weight is 340 g/mol. The number of carbonyl (C=O) groups excluding carboxylic acids is 1. The Hall–Kier alpha value is -0.410. The van der Waals surface area contributed by atoms with Gasteiger partial charge in [-0.25, -0.2) is 4.79 Å². The van der Waals surface area contributed by atoms with E-state index in [2.05, 4.69) is 6.58 Å². The minimum Gasteiger partial charge on any atom is -0.460 e. The van der Waals surface area contributed by atoms with Crippen LogP contribution < -0.4 is 0 Å². The van der Waals surface area contributed by atoms with Crippen molar-refractivity contribution in [3.63, 3.8) is 0 Å². The van der Waals surface area contributed by atoms with Gasteiger partial charge in [0, 0.05) is 5.57 Å². The van der Waals surface area contributed by atoms with E-state index < -0.39 is 31.4 Å². The van der Waals surface area contributed by atoms with Crippen molar-refractivity contribution in [3.05, 3.63) is 12.2 Å². The topological polar surface area (TPSA) is 89.9 Å². The molecule has 0 fully saturated rings. The third-order valence-electron chi connectivity index (χ3n) is 3.30. The fourth-order valence-corrected chi connectivity index (χ4v) is 6.90. The van der Waals surface area contributed by atoms with Crippen LogP contribution in [0.15, 0.2) is 12.2 Å². The first kappa shape index (κ1) is 20.6. The van der Waals surface area contributed by atoms with Crippen molar-refractivity contribution in [3.8, 4) is 0 Å². The van der Waals surface area contributed by atoms with Gasteiger partial charge in [-0.2, -0.15) is 0 Å². The van der Waals surface area contributed by atoms with Crippen LogP contribution in [0.4, 0.5) is 0 Å². The molecule has 1 atom stereocenters. The Morgan fingerprint density at radius 3 is 1.95 bits per heavy atom. The third-order valence-corrected chi connectivity index (χ3v) is 10.4. The number of aliphatic hydroxyl groups is 1. The number of hydrogen-bond donors (Lipinski definition) is 1. The summed E-state index contributed by atoms with van der Waals surface area (Å²) in [7, 11) is -5.67. The minimum absolute atomic E-state index is 0.225. The zero-order valence-electron chi connectivity index (χ0n) is 13.6. The van der Waals surface area contributed by atoms with Gasteiger partial charge in [0.2, 0.25) is 0 Å². The molecule has 0 heterocycles. The Morgan fingerprint density at radius 1 is 1.19 bits per heavy atom. The van der Waals surface area contributed by atoms with Gasteiger partial charge in [-0.1, -0.05) is 6.58 Å². The summed E-state index contributed by atoms with van der Waals surface area (Å²) in [6.07, 6.45) is -1.09. The third kappa shape index (κ3) is 5.71. The Bertz CT molecular complexity index is 465. The number of hydrogen-bond acceptors (Lipinski definition) is 6. The molecule has 0 aliphatic carbocycles. The van der Waals surface area contributed by atoms with E-state index in [1.165, 1.54) is 40.5 Å². The fourth-order valence-electron chi connectivity index (χ4n) is 1.49. The predicted molar refractivity (Wildman–Crippen MR) is 85.0 cm³/mol. The van der Waals surface area contributed by atoms with Crippen LogP contribution >= 0.6 is 14.3 Å². The summed E-state index contributed by atoms with van der Waals surface area (Å²) in [6, 6.07) is 0. The van der Waals surface area contributed by atoms with E-state index in [1.54, 1.807) is 0 Å². The van der Waals surface area contributed by atoms with Crippen molar-refractivity contribution in [2.75, 3.05) is 39.9 Å². The van der Waals surface area contributed by atoms with Crippen molar-refractivity contribution in [1.29, 1.82) is 0 Å². The summed E-state index contributed by atoms with van der Waals surface area (Å²) < 4.78 is 35.1. The molecule has 0 saturated carbocycles. The summed E-state index contributed by atoms with van der Waals surface area (Å²) in [4.78, 5) is 11.2. The van der Waals surface area contributed by atoms with Gasteiger partial charge < -0.3 is 23.7 Å². The molecule has 0 radical (unpaired) electrons. The van der Waals surface area contributed by atoms with Crippen molar-refractivity contribution in [1.82, 2.24) is 0 Å². The van der Waals surface area contributed by atoms with E-state index in [-0.39, 0.29) is 18.8 Å². The molecule has 0 aliphatic heterocycles. The molecule has 6 nitrogen and oxygen atoms in total. The van der Waals surface area contributed by atoms with Crippen LogP contribution in [0.5, 0.6) is 0 Å². The molecule has 0 saturated heterocycles.